The third kappa shape index (κ3) is 6.92. The molecule has 0 spiro atoms. The first-order chi connectivity index (χ1) is 14.6. The van der Waals surface area contributed by atoms with Crippen LogP contribution in [0.25, 0.3) is 0 Å². The lowest BCUT2D eigenvalue weighted by molar-refractivity contribution is -0.138. The lowest BCUT2D eigenvalue weighted by atomic mass is 10.0. The number of alkyl halides is 3. The number of benzene rings is 2. The van der Waals surface area contributed by atoms with Crippen molar-refractivity contribution in [3.63, 3.8) is 0 Å². The van der Waals surface area contributed by atoms with Crippen molar-refractivity contribution in [2.45, 2.75) is 39.0 Å². The average Bonchev–Trinajstić information content (AvgIpc) is 2.68. The van der Waals surface area contributed by atoms with E-state index in [0.717, 1.165) is 41.4 Å². The highest BCUT2D eigenvalue weighted by molar-refractivity contribution is 14.1. The van der Waals surface area contributed by atoms with E-state index in [2.05, 4.69) is 51.6 Å². The molecule has 31 heavy (non-hydrogen) atoms. The molecule has 0 bridgehead atoms. The van der Waals surface area contributed by atoms with Crippen molar-refractivity contribution >= 4 is 34.2 Å². The number of nitrogens with one attached hydrogen (secondary N) is 1. The maximum Gasteiger partial charge on any atom is 0.416 e. The first-order valence-corrected chi connectivity index (χ1v) is 11.4. The highest BCUT2D eigenvalue weighted by Crippen LogP contribution is 2.34. The Labute approximate surface area is 194 Å². The molecule has 3 rings (SSSR count). The van der Waals surface area contributed by atoms with Gasteiger partial charge in [0.2, 0.25) is 5.91 Å². The summed E-state index contributed by atoms with van der Waals surface area (Å²) in [6, 6.07) is 12.0. The molecule has 1 N–H and O–H groups in total. The first-order valence-electron chi connectivity index (χ1n) is 10.3. The molecule has 8 heteroatoms. The second-order valence-electron chi connectivity index (χ2n) is 8.13. The highest BCUT2D eigenvalue weighted by atomic mass is 127. The van der Waals surface area contributed by atoms with Crippen LogP contribution in [0.5, 0.6) is 0 Å². The molecule has 0 aliphatic carbocycles. The van der Waals surface area contributed by atoms with Crippen molar-refractivity contribution < 1.29 is 18.0 Å². The van der Waals surface area contributed by atoms with Crippen molar-refractivity contribution in [3.8, 4) is 0 Å². The Balaban J connectivity index is 1.69. The first kappa shape index (κ1) is 24.0. The van der Waals surface area contributed by atoms with Gasteiger partial charge < -0.3 is 5.32 Å². The summed E-state index contributed by atoms with van der Waals surface area (Å²) >= 11 is 2.16. The van der Waals surface area contributed by atoms with E-state index in [9.17, 15) is 18.0 Å². The van der Waals surface area contributed by atoms with Crippen molar-refractivity contribution in [3.05, 3.63) is 62.7 Å². The number of amides is 1. The molecule has 0 saturated carbocycles. The van der Waals surface area contributed by atoms with Gasteiger partial charge in [-0.25, -0.2) is 0 Å². The summed E-state index contributed by atoms with van der Waals surface area (Å²) in [5.74, 6) is -0.340. The predicted molar refractivity (Wildman–Crippen MR) is 125 cm³/mol. The topological polar surface area (TPSA) is 35.6 Å². The lowest BCUT2D eigenvalue weighted by Gasteiger charge is -2.37. The summed E-state index contributed by atoms with van der Waals surface area (Å²) in [5.41, 5.74) is 0.529. The van der Waals surface area contributed by atoms with Gasteiger partial charge in [0.1, 0.15) is 0 Å². The van der Waals surface area contributed by atoms with Crippen LogP contribution in [-0.4, -0.2) is 47.9 Å². The van der Waals surface area contributed by atoms with E-state index >= 15 is 0 Å². The van der Waals surface area contributed by atoms with Crippen LogP contribution in [0.4, 0.5) is 18.9 Å². The van der Waals surface area contributed by atoms with Crippen LogP contribution < -0.4 is 5.32 Å². The molecular weight excluding hydrogens is 518 g/mol. The minimum Gasteiger partial charge on any atom is -0.326 e. The van der Waals surface area contributed by atoms with Crippen LogP contribution >= 0.6 is 22.6 Å². The van der Waals surface area contributed by atoms with E-state index < -0.39 is 11.7 Å². The Hall–Kier alpha value is -1.65. The zero-order valence-electron chi connectivity index (χ0n) is 17.7. The second kappa shape index (κ2) is 10.3. The van der Waals surface area contributed by atoms with Gasteiger partial charge in [-0.3, -0.25) is 14.6 Å². The Bertz CT molecular complexity index is 909. The SMILES string of the molecule is CC(C)N1CCN(Cc2ccc(NC(=O)Cc3cccc(I)c3)cc2C(F)(F)F)CC1. The Morgan fingerprint density at radius 3 is 2.42 bits per heavy atom. The molecule has 4 nitrogen and oxygen atoms in total. The van der Waals surface area contributed by atoms with Gasteiger partial charge in [0.05, 0.1) is 12.0 Å². The van der Waals surface area contributed by atoms with Gasteiger partial charge >= 0.3 is 6.18 Å². The molecule has 1 amide bonds. The normalized spacial score (nSPS) is 16.0. The average molecular weight is 545 g/mol. The highest BCUT2D eigenvalue weighted by Gasteiger charge is 2.34. The molecular formula is C23H27F3IN3O. The molecule has 1 aliphatic heterocycles. The van der Waals surface area contributed by atoms with E-state index in [1.807, 2.05) is 24.3 Å². The summed E-state index contributed by atoms with van der Waals surface area (Å²) < 4.78 is 42.2. The summed E-state index contributed by atoms with van der Waals surface area (Å²) in [7, 11) is 0. The quantitative estimate of drug-likeness (QED) is 0.519. The molecule has 2 aromatic carbocycles. The number of hydrogen-bond donors (Lipinski definition) is 1. The number of anilines is 1. The van der Waals surface area contributed by atoms with Gasteiger partial charge in [0, 0.05) is 48.0 Å². The van der Waals surface area contributed by atoms with Gasteiger partial charge in [-0.15, -0.1) is 0 Å². The Morgan fingerprint density at radius 1 is 1.10 bits per heavy atom. The monoisotopic (exact) mass is 545 g/mol. The van der Waals surface area contributed by atoms with Gasteiger partial charge in [-0.1, -0.05) is 18.2 Å². The number of rotatable bonds is 6. The molecule has 1 heterocycles. The third-order valence-electron chi connectivity index (χ3n) is 5.48. The van der Waals surface area contributed by atoms with Crippen LogP contribution in [0.1, 0.15) is 30.5 Å². The van der Waals surface area contributed by atoms with Crippen LogP contribution in [0, 0.1) is 3.57 Å². The van der Waals surface area contributed by atoms with Crippen molar-refractivity contribution in [1.29, 1.82) is 0 Å². The summed E-state index contributed by atoms with van der Waals surface area (Å²) in [4.78, 5) is 16.7. The minimum absolute atomic E-state index is 0.111. The summed E-state index contributed by atoms with van der Waals surface area (Å²) in [6.07, 6.45) is -4.37. The summed E-state index contributed by atoms with van der Waals surface area (Å²) in [6.45, 7) is 7.69. The van der Waals surface area contributed by atoms with Crippen molar-refractivity contribution in [2.24, 2.45) is 0 Å². The molecule has 168 valence electrons. The van der Waals surface area contributed by atoms with Gasteiger partial charge in [0.25, 0.3) is 0 Å². The molecule has 0 unspecified atom stereocenters. The maximum absolute atomic E-state index is 13.7. The second-order valence-corrected chi connectivity index (χ2v) is 9.38. The third-order valence-corrected chi connectivity index (χ3v) is 6.15. The predicted octanol–water partition coefficient (Wildman–Crippen LogP) is 5.02. The van der Waals surface area contributed by atoms with E-state index in [-0.39, 0.29) is 30.1 Å². The van der Waals surface area contributed by atoms with E-state index in [4.69, 9.17) is 0 Å². The van der Waals surface area contributed by atoms with Crippen molar-refractivity contribution in [1.82, 2.24) is 9.80 Å². The fraction of sp³-hybridized carbons (Fsp3) is 0.435. The number of carbonyl (C=O) groups excluding carboxylic acids is 1. The van der Waals surface area contributed by atoms with E-state index in [1.54, 1.807) is 6.07 Å². The Kier molecular flexibility index (Phi) is 7.98. The van der Waals surface area contributed by atoms with Crippen LogP contribution in [-0.2, 0) is 23.9 Å². The molecule has 1 fully saturated rings. The molecule has 0 atom stereocenters. The molecule has 1 aliphatic rings. The van der Waals surface area contributed by atoms with Gasteiger partial charge in [-0.2, -0.15) is 13.2 Å². The maximum atomic E-state index is 13.7. The fourth-order valence-corrected chi connectivity index (χ4v) is 4.38. The smallest absolute Gasteiger partial charge is 0.326 e. The number of piperazine rings is 1. The summed E-state index contributed by atoms with van der Waals surface area (Å²) in [5, 5.41) is 2.61. The molecule has 0 radical (unpaired) electrons. The lowest BCUT2D eigenvalue weighted by Crippen LogP contribution is -2.48. The van der Waals surface area contributed by atoms with Gasteiger partial charge in [-0.05, 0) is 71.8 Å². The number of hydrogen-bond acceptors (Lipinski definition) is 3. The Morgan fingerprint density at radius 2 is 1.81 bits per heavy atom. The number of halogens is 4. The molecule has 2 aromatic rings. The molecule has 0 aromatic heterocycles. The number of nitrogens with zero attached hydrogens (tertiary/aromatic N) is 2. The van der Waals surface area contributed by atoms with Gasteiger partial charge in [0.15, 0.2) is 0 Å². The van der Waals surface area contributed by atoms with Crippen LogP contribution in [0.3, 0.4) is 0 Å². The largest absolute Gasteiger partial charge is 0.416 e. The van der Waals surface area contributed by atoms with Crippen LogP contribution in [0.2, 0.25) is 0 Å². The van der Waals surface area contributed by atoms with E-state index in [1.165, 1.54) is 6.07 Å². The van der Waals surface area contributed by atoms with E-state index in [0.29, 0.717) is 6.04 Å². The standard InChI is InChI=1S/C23H27F3IN3O/c1-16(2)30-10-8-29(9-11-30)15-18-6-7-20(14-21(18)23(24,25)26)28-22(31)13-17-4-3-5-19(27)12-17/h3-7,12,14,16H,8-11,13,15H2,1-2H3,(H,28,31). The van der Waals surface area contributed by atoms with Crippen molar-refractivity contribution in [2.75, 3.05) is 31.5 Å². The van der Waals surface area contributed by atoms with Crippen LogP contribution in [0.15, 0.2) is 42.5 Å². The zero-order valence-corrected chi connectivity index (χ0v) is 19.8. The molecule has 1 saturated heterocycles. The zero-order chi connectivity index (χ0) is 22.6. The fourth-order valence-electron chi connectivity index (χ4n) is 3.77. The minimum atomic E-state index is -4.48. The number of carbonyl (C=O) groups is 1.